The Morgan fingerprint density at radius 2 is 1.85 bits per heavy atom. The van der Waals surface area contributed by atoms with Crippen molar-refractivity contribution < 1.29 is 31.1 Å². The largest absolute Gasteiger partial charge is 0.573 e. The molecule has 1 heterocycles. The van der Waals surface area contributed by atoms with Gasteiger partial charge >= 0.3 is 6.36 Å². The number of primary sulfonamides is 1. The lowest BCUT2D eigenvalue weighted by Gasteiger charge is -2.25. The molecule has 0 saturated carbocycles. The fourth-order valence-corrected chi connectivity index (χ4v) is 4.24. The average Bonchev–Trinajstić information content (AvgIpc) is 2.77. The van der Waals surface area contributed by atoms with Crippen molar-refractivity contribution >= 4 is 38.5 Å². The van der Waals surface area contributed by atoms with Gasteiger partial charge in [0.2, 0.25) is 10.0 Å². The molecule has 0 radical (unpaired) electrons. The van der Waals surface area contributed by atoms with Crippen molar-refractivity contribution in [2.45, 2.75) is 11.3 Å². The van der Waals surface area contributed by atoms with Gasteiger partial charge in [0.05, 0.1) is 17.5 Å². The summed E-state index contributed by atoms with van der Waals surface area (Å²) in [7, 11) is -2.38. The highest BCUT2D eigenvalue weighted by molar-refractivity contribution is 8.14. The third-order valence-corrected chi connectivity index (χ3v) is 5.85. The van der Waals surface area contributed by atoms with Crippen molar-refractivity contribution in [3.05, 3.63) is 48.0 Å². The van der Waals surface area contributed by atoms with Crippen molar-refractivity contribution in [3.63, 3.8) is 0 Å². The number of sulfonamides is 1. The van der Waals surface area contributed by atoms with Gasteiger partial charge in [-0.05, 0) is 18.2 Å². The number of quaternary nitrogens is 1. The van der Waals surface area contributed by atoms with Crippen LogP contribution in [0.5, 0.6) is 5.75 Å². The van der Waals surface area contributed by atoms with Gasteiger partial charge in [0.15, 0.2) is 23.3 Å². The van der Waals surface area contributed by atoms with Crippen molar-refractivity contribution in [2.24, 2.45) is 5.14 Å². The van der Waals surface area contributed by atoms with Gasteiger partial charge in [-0.2, -0.15) is 3.89 Å². The molecule has 6 nitrogen and oxygen atoms in total. The van der Waals surface area contributed by atoms with Crippen LogP contribution in [-0.2, 0) is 10.0 Å². The van der Waals surface area contributed by atoms with E-state index in [4.69, 9.17) is 5.14 Å². The van der Waals surface area contributed by atoms with E-state index in [1.165, 1.54) is 30.3 Å². The molecular formula is C15H12F3N2O4S2+. The number of rotatable bonds is 3. The number of ether oxygens (including phenoxy) is 1. The molecule has 11 heteroatoms. The first kappa shape index (κ1) is 18.7. The van der Waals surface area contributed by atoms with E-state index in [1.807, 2.05) is 0 Å². The number of alkyl halides is 3. The van der Waals surface area contributed by atoms with Gasteiger partial charge in [0.25, 0.3) is 5.12 Å². The number of nitrogens with zero attached hydrogens (tertiary/aromatic N) is 1. The molecule has 0 amide bonds. The summed E-state index contributed by atoms with van der Waals surface area (Å²) in [5, 5.41) is 4.66. The Bertz CT molecular complexity index is 1010. The molecule has 2 N–H and O–H groups in total. The van der Waals surface area contributed by atoms with Crippen LogP contribution in [0.1, 0.15) is 10.4 Å². The normalized spacial score (nSPS) is 20.1. The Kier molecular flexibility index (Phi) is 4.30. The van der Waals surface area contributed by atoms with Crippen molar-refractivity contribution in [1.29, 1.82) is 0 Å². The number of fused-ring (bicyclic) bond motifs is 1. The standard InChI is InChI=1S/C15H12F3N2O4S2/c1-20(9-3-2-4-10(7-9)24-15(16,17)18)13-6-5-11(26(19,22)23)8-12(13)14(21)25-20/h2-8H,1H3,(H2,19,22,23)/q+1. The second-order valence-electron chi connectivity index (χ2n) is 5.57. The Morgan fingerprint density at radius 1 is 1.15 bits per heavy atom. The molecule has 0 aliphatic carbocycles. The van der Waals surface area contributed by atoms with E-state index in [0.29, 0.717) is 11.4 Å². The van der Waals surface area contributed by atoms with Gasteiger partial charge in [0.1, 0.15) is 5.75 Å². The fourth-order valence-electron chi connectivity index (χ4n) is 2.63. The number of hydrogen-bond donors (Lipinski definition) is 1. The van der Waals surface area contributed by atoms with Crippen LogP contribution in [0.3, 0.4) is 0 Å². The van der Waals surface area contributed by atoms with Gasteiger partial charge in [-0.25, -0.2) is 13.6 Å². The molecule has 2 aromatic carbocycles. The summed E-state index contributed by atoms with van der Waals surface area (Å²) in [6, 6.07) is 9.09. The molecule has 3 rings (SSSR count). The number of carbonyl (C=O) groups excluding carboxylic acids is 1. The second-order valence-corrected chi connectivity index (χ2v) is 8.42. The second kappa shape index (κ2) is 5.98. The molecule has 1 atom stereocenters. The van der Waals surface area contributed by atoms with Crippen molar-refractivity contribution in [1.82, 2.24) is 3.89 Å². The van der Waals surface area contributed by atoms with E-state index in [-0.39, 0.29) is 14.3 Å². The first-order valence-electron chi connectivity index (χ1n) is 7.04. The molecule has 2 aromatic rings. The van der Waals surface area contributed by atoms with E-state index >= 15 is 0 Å². The van der Waals surface area contributed by atoms with Crippen LogP contribution < -0.4 is 13.8 Å². The van der Waals surface area contributed by atoms with Crippen LogP contribution in [0.25, 0.3) is 0 Å². The number of hydrogen-bond acceptors (Lipinski definition) is 5. The van der Waals surface area contributed by atoms with E-state index in [9.17, 15) is 26.4 Å². The molecule has 138 valence electrons. The highest BCUT2D eigenvalue weighted by Crippen LogP contribution is 2.50. The zero-order valence-electron chi connectivity index (χ0n) is 13.1. The summed E-state index contributed by atoms with van der Waals surface area (Å²) in [5.41, 5.74) is 0.912. The van der Waals surface area contributed by atoms with E-state index in [2.05, 4.69) is 4.74 Å². The van der Waals surface area contributed by atoms with Gasteiger partial charge in [-0.1, -0.05) is 6.07 Å². The molecule has 1 unspecified atom stereocenters. The smallest absolute Gasteiger partial charge is 0.406 e. The molecule has 1 aliphatic rings. The number of benzene rings is 2. The zero-order valence-corrected chi connectivity index (χ0v) is 14.8. The van der Waals surface area contributed by atoms with Crippen LogP contribution >= 0.6 is 11.9 Å². The molecule has 26 heavy (non-hydrogen) atoms. The topological polar surface area (TPSA) is 86.5 Å². The maximum Gasteiger partial charge on any atom is 0.573 e. The molecular weight excluding hydrogens is 393 g/mol. The van der Waals surface area contributed by atoms with Gasteiger partial charge in [0, 0.05) is 18.2 Å². The summed E-state index contributed by atoms with van der Waals surface area (Å²) in [6.45, 7) is 0. The first-order chi connectivity index (χ1) is 11.9. The lowest BCUT2D eigenvalue weighted by atomic mass is 10.1. The highest BCUT2D eigenvalue weighted by atomic mass is 32.2. The summed E-state index contributed by atoms with van der Waals surface area (Å²) in [6.07, 6.45) is -4.84. The SMILES string of the molecule is C[N+]1(c2cccc(OC(F)(F)F)c2)SC(=O)c2cc(S(N)(=O)=O)ccc21. The molecule has 0 aromatic heterocycles. The third kappa shape index (κ3) is 3.43. The molecule has 0 saturated heterocycles. The summed E-state index contributed by atoms with van der Waals surface area (Å²) in [4.78, 5) is 12.1. The predicted molar refractivity (Wildman–Crippen MR) is 90.2 cm³/mol. The molecule has 1 aliphatic heterocycles. The summed E-state index contributed by atoms with van der Waals surface area (Å²) in [5.74, 6) is -0.419. The quantitative estimate of drug-likeness (QED) is 0.626. The Labute approximate surface area is 151 Å². The monoisotopic (exact) mass is 405 g/mol. The highest BCUT2D eigenvalue weighted by Gasteiger charge is 2.45. The third-order valence-electron chi connectivity index (χ3n) is 3.79. The van der Waals surface area contributed by atoms with E-state index in [1.54, 1.807) is 13.1 Å². The number of halogens is 3. The number of carbonyl (C=O) groups is 1. The van der Waals surface area contributed by atoms with Gasteiger partial charge < -0.3 is 4.74 Å². The van der Waals surface area contributed by atoms with Crippen LogP contribution in [-0.4, -0.2) is 26.9 Å². The Balaban J connectivity index is 2.09. The van der Waals surface area contributed by atoms with E-state index in [0.717, 1.165) is 18.0 Å². The van der Waals surface area contributed by atoms with Gasteiger partial charge in [-0.3, -0.25) is 4.79 Å². The Hall–Kier alpha value is -2.08. The predicted octanol–water partition coefficient (Wildman–Crippen LogP) is 3.30. The average molecular weight is 405 g/mol. The molecule has 0 spiro atoms. The van der Waals surface area contributed by atoms with Crippen molar-refractivity contribution in [2.75, 3.05) is 7.05 Å². The lowest BCUT2D eigenvalue weighted by Crippen LogP contribution is -2.29. The fraction of sp³-hybridized carbons (Fsp3) is 0.133. The summed E-state index contributed by atoms with van der Waals surface area (Å²) < 4.78 is 64.0. The van der Waals surface area contributed by atoms with Gasteiger partial charge in [-0.15, -0.1) is 13.2 Å². The molecule has 0 bridgehead atoms. The van der Waals surface area contributed by atoms with Crippen LogP contribution in [0.4, 0.5) is 24.5 Å². The number of nitrogens with two attached hydrogens (primary N) is 1. The Morgan fingerprint density at radius 3 is 2.46 bits per heavy atom. The maximum atomic E-state index is 12.4. The minimum atomic E-state index is -4.84. The maximum absolute atomic E-state index is 12.4. The van der Waals surface area contributed by atoms with Crippen molar-refractivity contribution in [3.8, 4) is 5.75 Å². The van der Waals surface area contributed by atoms with Crippen LogP contribution in [0.15, 0.2) is 47.4 Å². The first-order valence-corrected chi connectivity index (χ1v) is 9.36. The zero-order chi connectivity index (χ0) is 19.3. The van der Waals surface area contributed by atoms with Crippen LogP contribution in [0.2, 0.25) is 0 Å². The summed E-state index contributed by atoms with van der Waals surface area (Å²) >= 11 is 0.822. The van der Waals surface area contributed by atoms with Crippen LogP contribution in [0, 0.1) is 0 Å². The lowest BCUT2D eigenvalue weighted by molar-refractivity contribution is -0.274. The minimum Gasteiger partial charge on any atom is -0.406 e. The van der Waals surface area contributed by atoms with E-state index < -0.39 is 27.3 Å². The minimum absolute atomic E-state index is 0.131. The molecule has 0 fully saturated rings.